The van der Waals surface area contributed by atoms with Crippen molar-refractivity contribution in [2.45, 2.75) is 11.7 Å². The van der Waals surface area contributed by atoms with Gasteiger partial charge in [0.05, 0.1) is 0 Å². The first-order valence-corrected chi connectivity index (χ1v) is 3.97. The maximum atomic E-state index is 2.30. The summed E-state index contributed by atoms with van der Waals surface area (Å²) >= 11 is 0.889. The summed E-state index contributed by atoms with van der Waals surface area (Å²) in [6, 6.07) is 0. The molecule has 0 unspecified atom stereocenters. The van der Waals surface area contributed by atoms with Gasteiger partial charge >= 0.3 is 89.1 Å². The van der Waals surface area contributed by atoms with Crippen molar-refractivity contribution < 1.29 is 52.8 Å². The molecule has 0 aromatic heterocycles. The minimum Gasteiger partial charge on any atom is -1.00 e. The number of hydrogen-bond acceptors (Lipinski definition) is 0. The molecule has 2 heteroatoms. The molecule has 0 fully saturated rings. The molecule has 0 nitrogen and oxygen atoms in total. The van der Waals surface area contributed by atoms with Gasteiger partial charge in [0, 0.05) is 0 Å². The maximum Gasteiger partial charge on any atom is 1.00 e. The Morgan fingerprint density at radius 1 is 1.67 bits per heavy atom. The summed E-state index contributed by atoms with van der Waals surface area (Å²) < 4.78 is 0. The van der Waals surface area contributed by atoms with E-state index in [0.29, 0.717) is 0 Å². The summed E-state index contributed by atoms with van der Waals surface area (Å²) in [6.45, 7) is 0. The second-order valence-corrected chi connectivity index (χ2v) is 3.16. The van der Waals surface area contributed by atoms with E-state index in [1.807, 2.05) is 0 Å². The molecule has 1 aliphatic heterocycles. The van der Waals surface area contributed by atoms with Gasteiger partial charge in [-0.1, -0.05) is 0 Å². The number of hydrogen-bond donors (Lipinski definition) is 0. The van der Waals surface area contributed by atoms with E-state index in [0.717, 1.165) is 15.0 Å². The van der Waals surface area contributed by atoms with Crippen molar-refractivity contribution >= 4 is 15.0 Å². The fourth-order valence-corrected chi connectivity index (χ4v) is 1.77. The SMILES string of the molecule is C1=C[Se]CC1.[H-].[K+]. The Morgan fingerprint density at radius 3 is 2.67 bits per heavy atom. The van der Waals surface area contributed by atoms with E-state index < -0.39 is 0 Å². The zero-order valence-corrected chi connectivity index (χ0v) is 8.81. The third kappa shape index (κ3) is 2.97. The standard InChI is InChI=1S/C4H6Se.K.H/c1-2-4-5-3-1;;/h1,3H,2,4H2;;/q;+1;-1. The summed E-state index contributed by atoms with van der Waals surface area (Å²) in [5, 5.41) is 1.45. The molecule has 0 aromatic carbocycles. The molecule has 0 saturated heterocycles. The van der Waals surface area contributed by atoms with Crippen LogP contribution < -0.4 is 51.4 Å². The van der Waals surface area contributed by atoms with Crippen LogP contribution in [0.5, 0.6) is 0 Å². The van der Waals surface area contributed by atoms with E-state index >= 15 is 0 Å². The van der Waals surface area contributed by atoms with Gasteiger partial charge in [-0.2, -0.15) is 0 Å². The maximum absolute atomic E-state index is 2.30. The van der Waals surface area contributed by atoms with E-state index in [1.165, 1.54) is 11.7 Å². The van der Waals surface area contributed by atoms with E-state index in [-0.39, 0.29) is 52.8 Å². The average Bonchev–Trinajstić information content (AvgIpc) is 1.76. The van der Waals surface area contributed by atoms with E-state index in [2.05, 4.69) is 11.1 Å². The zero-order chi connectivity index (χ0) is 3.54. The summed E-state index contributed by atoms with van der Waals surface area (Å²) in [7, 11) is 0. The predicted molar refractivity (Wildman–Crippen MR) is 25.4 cm³/mol. The fraction of sp³-hybridized carbons (Fsp3) is 0.500. The first kappa shape index (κ1) is 7.90. The largest absolute Gasteiger partial charge is 1.00 e. The van der Waals surface area contributed by atoms with E-state index in [1.54, 1.807) is 0 Å². The molecule has 0 bridgehead atoms. The molecule has 6 heavy (non-hydrogen) atoms. The summed E-state index contributed by atoms with van der Waals surface area (Å²) in [4.78, 5) is 2.30. The Labute approximate surface area is 88.8 Å². The molecule has 1 rings (SSSR count). The quantitative estimate of drug-likeness (QED) is 0.377. The Morgan fingerprint density at radius 2 is 2.50 bits per heavy atom. The van der Waals surface area contributed by atoms with Crippen LogP contribution in [-0.4, -0.2) is 15.0 Å². The summed E-state index contributed by atoms with van der Waals surface area (Å²) in [5.74, 6) is 0. The Kier molecular flexibility index (Phi) is 6.63. The van der Waals surface area contributed by atoms with Crippen LogP contribution in [0.3, 0.4) is 0 Å². The molecular weight excluding hydrogens is 166 g/mol. The average molecular weight is 173 g/mol. The van der Waals surface area contributed by atoms with Gasteiger partial charge in [0.15, 0.2) is 0 Å². The molecule has 0 amide bonds. The van der Waals surface area contributed by atoms with Gasteiger partial charge in [0.2, 0.25) is 0 Å². The first-order valence-electron chi connectivity index (χ1n) is 1.77. The Balaban J connectivity index is 0. The van der Waals surface area contributed by atoms with E-state index in [4.69, 9.17) is 0 Å². The second kappa shape index (κ2) is 5.04. The van der Waals surface area contributed by atoms with Gasteiger partial charge in [0.1, 0.15) is 0 Å². The van der Waals surface area contributed by atoms with Gasteiger partial charge in [0.25, 0.3) is 0 Å². The molecule has 0 atom stereocenters. The first-order chi connectivity index (χ1) is 2.50. The molecular formula is C4H7KSe. The van der Waals surface area contributed by atoms with Crippen LogP contribution in [0, 0.1) is 0 Å². The molecule has 0 aromatic rings. The molecule has 0 radical (unpaired) electrons. The number of allylic oxidation sites excluding steroid dienone is 1. The van der Waals surface area contributed by atoms with Crippen LogP contribution in [0.2, 0.25) is 5.32 Å². The number of rotatable bonds is 0. The van der Waals surface area contributed by atoms with Crippen LogP contribution in [0.4, 0.5) is 0 Å². The predicted octanol–water partition coefficient (Wildman–Crippen LogP) is -1.86. The van der Waals surface area contributed by atoms with Crippen molar-refractivity contribution in [2.24, 2.45) is 0 Å². The van der Waals surface area contributed by atoms with Gasteiger partial charge in [-0.05, 0) is 0 Å². The molecule has 0 saturated carbocycles. The van der Waals surface area contributed by atoms with Crippen LogP contribution in [-0.2, 0) is 0 Å². The van der Waals surface area contributed by atoms with Gasteiger partial charge in [-0.25, -0.2) is 0 Å². The minimum atomic E-state index is 0. The molecule has 1 aliphatic rings. The van der Waals surface area contributed by atoms with Crippen molar-refractivity contribution in [2.75, 3.05) is 0 Å². The van der Waals surface area contributed by atoms with Crippen molar-refractivity contribution in [3.8, 4) is 0 Å². The summed E-state index contributed by atoms with van der Waals surface area (Å²) in [6.07, 6.45) is 3.61. The Bertz CT molecular complexity index is 49.7. The van der Waals surface area contributed by atoms with Crippen LogP contribution in [0.1, 0.15) is 7.85 Å². The van der Waals surface area contributed by atoms with Crippen molar-refractivity contribution in [3.05, 3.63) is 11.1 Å². The monoisotopic (exact) mass is 174 g/mol. The van der Waals surface area contributed by atoms with Gasteiger partial charge < -0.3 is 1.43 Å². The zero-order valence-electron chi connectivity index (χ0n) is 4.98. The van der Waals surface area contributed by atoms with Crippen LogP contribution in [0.25, 0.3) is 0 Å². The third-order valence-corrected chi connectivity index (χ3v) is 2.39. The van der Waals surface area contributed by atoms with Gasteiger partial charge in [-0.3, -0.25) is 0 Å². The molecule has 30 valence electrons. The molecule has 0 N–H and O–H groups in total. The molecule has 0 spiro atoms. The topological polar surface area (TPSA) is 0 Å². The van der Waals surface area contributed by atoms with Gasteiger partial charge in [-0.15, -0.1) is 0 Å². The van der Waals surface area contributed by atoms with Crippen LogP contribution >= 0.6 is 0 Å². The van der Waals surface area contributed by atoms with Crippen molar-refractivity contribution in [1.82, 2.24) is 0 Å². The third-order valence-electron chi connectivity index (χ3n) is 0.595. The fourth-order valence-electron chi connectivity index (χ4n) is 0.340. The van der Waals surface area contributed by atoms with Crippen molar-refractivity contribution in [1.29, 1.82) is 0 Å². The molecule has 0 aliphatic carbocycles. The normalized spacial score (nSPS) is 17.3. The summed E-state index contributed by atoms with van der Waals surface area (Å²) in [5.41, 5.74) is 0. The molecule has 1 heterocycles. The second-order valence-electron chi connectivity index (χ2n) is 1.03. The van der Waals surface area contributed by atoms with Crippen molar-refractivity contribution in [3.63, 3.8) is 0 Å². The van der Waals surface area contributed by atoms with Crippen LogP contribution in [0.15, 0.2) is 11.1 Å². The smallest absolute Gasteiger partial charge is 1.00 e. The Hall–Kier alpha value is 1.90. The minimum absolute atomic E-state index is 0. The van der Waals surface area contributed by atoms with E-state index in [9.17, 15) is 0 Å².